The van der Waals surface area contributed by atoms with Crippen LogP contribution in [0.3, 0.4) is 0 Å². The summed E-state index contributed by atoms with van der Waals surface area (Å²) in [6, 6.07) is 9.80. The molecule has 5 nitrogen and oxygen atoms in total. The van der Waals surface area contributed by atoms with Crippen molar-refractivity contribution in [2.24, 2.45) is 4.99 Å². The van der Waals surface area contributed by atoms with Gasteiger partial charge in [-0.2, -0.15) is 13.2 Å². The summed E-state index contributed by atoms with van der Waals surface area (Å²) in [5.41, 5.74) is 0.629. The zero-order valence-corrected chi connectivity index (χ0v) is 14.4. The molecule has 2 aromatic rings. The second-order valence-electron chi connectivity index (χ2n) is 5.47. The maximum absolute atomic E-state index is 12.6. The van der Waals surface area contributed by atoms with Gasteiger partial charge in [0.05, 0.1) is 12.7 Å². The van der Waals surface area contributed by atoms with Crippen LogP contribution in [0.15, 0.2) is 47.5 Å². The van der Waals surface area contributed by atoms with Crippen LogP contribution >= 0.6 is 0 Å². The summed E-state index contributed by atoms with van der Waals surface area (Å²) in [7, 11) is 3.11. The Kier molecular flexibility index (Phi) is 6.32. The number of methoxy groups -OCH3 is 1. The third-order valence-electron chi connectivity index (χ3n) is 3.70. The van der Waals surface area contributed by atoms with Gasteiger partial charge in [-0.05, 0) is 35.9 Å². The number of nitrogens with one attached hydrogen (secondary N) is 2. The number of alkyl halides is 3. The Hall–Kier alpha value is -2.90. The lowest BCUT2D eigenvalue weighted by molar-refractivity contribution is -0.137. The van der Waals surface area contributed by atoms with Crippen LogP contribution in [0.25, 0.3) is 0 Å². The summed E-state index contributed by atoms with van der Waals surface area (Å²) in [5.74, 6) is 1.19. The molecule has 8 heteroatoms. The van der Waals surface area contributed by atoms with Gasteiger partial charge in [0.1, 0.15) is 11.5 Å². The minimum atomic E-state index is -4.34. The molecule has 140 valence electrons. The van der Waals surface area contributed by atoms with Crippen LogP contribution in [-0.4, -0.2) is 25.2 Å². The number of hydrogen-bond acceptors (Lipinski definition) is 3. The number of aromatic hydroxyl groups is 1. The predicted octanol–water partition coefficient (Wildman–Crippen LogP) is 3.28. The number of aliphatic imine (C=N–C) groups is 1. The number of rotatable bonds is 5. The van der Waals surface area contributed by atoms with Crippen molar-refractivity contribution in [3.63, 3.8) is 0 Å². The zero-order chi connectivity index (χ0) is 19.2. The van der Waals surface area contributed by atoms with Crippen LogP contribution in [0.1, 0.15) is 16.7 Å². The van der Waals surface area contributed by atoms with Crippen LogP contribution in [0, 0.1) is 0 Å². The predicted molar refractivity (Wildman–Crippen MR) is 93.1 cm³/mol. The first-order valence-corrected chi connectivity index (χ1v) is 7.80. The van der Waals surface area contributed by atoms with Crippen molar-refractivity contribution in [1.82, 2.24) is 10.6 Å². The Bertz CT molecular complexity index is 759. The number of benzene rings is 2. The molecule has 26 heavy (non-hydrogen) atoms. The molecule has 3 N–H and O–H groups in total. The summed E-state index contributed by atoms with van der Waals surface area (Å²) < 4.78 is 42.8. The first-order valence-electron chi connectivity index (χ1n) is 7.80. The topological polar surface area (TPSA) is 65.9 Å². The molecular formula is C18H20F3N3O2. The minimum Gasteiger partial charge on any atom is -0.508 e. The molecule has 0 saturated heterocycles. The Morgan fingerprint density at radius 3 is 2.31 bits per heavy atom. The van der Waals surface area contributed by atoms with Gasteiger partial charge in [0.15, 0.2) is 5.96 Å². The molecule has 2 rings (SSSR count). The molecular weight excluding hydrogens is 347 g/mol. The third-order valence-corrected chi connectivity index (χ3v) is 3.70. The smallest absolute Gasteiger partial charge is 0.416 e. The van der Waals surface area contributed by atoms with E-state index >= 15 is 0 Å². The van der Waals surface area contributed by atoms with Crippen molar-refractivity contribution in [1.29, 1.82) is 0 Å². The molecule has 0 fully saturated rings. The van der Waals surface area contributed by atoms with E-state index in [4.69, 9.17) is 4.74 Å². The van der Waals surface area contributed by atoms with E-state index in [1.54, 1.807) is 19.2 Å². The average molecular weight is 367 g/mol. The van der Waals surface area contributed by atoms with Crippen molar-refractivity contribution in [3.05, 3.63) is 59.2 Å². The van der Waals surface area contributed by atoms with E-state index in [9.17, 15) is 18.3 Å². The molecule has 0 spiro atoms. The number of guanidine groups is 1. The first kappa shape index (κ1) is 19.4. The average Bonchev–Trinajstić information content (AvgIpc) is 2.62. The van der Waals surface area contributed by atoms with Gasteiger partial charge in [0.2, 0.25) is 0 Å². The highest BCUT2D eigenvalue weighted by Gasteiger charge is 2.29. The molecule has 0 aliphatic carbocycles. The molecule has 0 amide bonds. The maximum atomic E-state index is 12.6. The minimum absolute atomic E-state index is 0.122. The molecule has 2 aromatic carbocycles. The van der Waals surface area contributed by atoms with Crippen molar-refractivity contribution in [2.45, 2.75) is 19.3 Å². The van der Waals surface area contributed by atoms with Gasteiger partial charge in [0.25, 0.3) is 0 Å². The lowest BCUT2D eigenvalue weighted by Crippen LogP contribution is -2.36. The van der Waals surface area contributed by atoms with E-state index < -0.39 is 11.7 Å². The molecule has 0 atom stereocenters. The Morgan fingerprint density at radius 1 is 1.08 bits per heavy atom. The number of hydrogen-bond donors (Lipinski definition) is 3. The number of halogens is 3. The third kappa shape index (κ3) is 5.30. The summed E-state index contributed by atoms with van der Waals surface area (Å²) in [6.07, 6.45) is -4.34. The molecule has 0 aliphatic heterocycles. The first-order chi connectivity index (χ1) is 12.3. The second-order valence-corrected chi connectivity index (χ2v) is 5.47. The van der Waals surface area contributed by atoms with Gasteiger partial charge in [-0.1, -0.05) is 12.1 Å². The van der Waals surface area contributed by atoms with Crippen LogP contribution in [0.2, 0.25) is 0 Å². The van der Waals surface area contributed by atoms with Crippen molar-refractivity contribution < 1.29 is 23.0 Å². The fraction of sp³-hybridized carbons (Fsp3) is 0.278. The van der Waals surface area contributed by atoms with Gasteiger partial charge in [-0.3, -0.25) is 4.99 Å². The van der Waals surface area contributed by atoms with Crippen LogP contribution in [0.5, 0.6) is 11.5 Å². The molecule has 0 saturated carbocycles. The zero-order valence-electron chi connectivity index (χ0n) is 14.4. The highest BCUT2D eigenvalue weighted by Crippen LogP contribution is 2.29. The molecule has 0 aromatic heterocycles. The van der Waals surface area contributed by atoms with Crippen LogP contribution in [0.4, 0.5) is 13.2 Å². The molecule has 0 unspecified atom stereocenters. The largest absolute Gasteiger partial charge is 0.508 e. The number of ether oxygens (including phenoxy) is 1. The van der Waals surface area contributed by atoms with E-state index in [0.717, 1.165) is 12.1 Å². The van der Waals surface area contributed by atoms with Gasteiger partial charge < -0.3 is 20.5 Å². The van der Waals surface area contributed by atoms with Crippen molar-refractivity contribution >= 4 is 5.96 Å². The van der Waals surface area contributed by atoms with Crippen LogP contribution < -0.4 is 15.4 Å². The van der Waals surface area contributed by atoms with E-state index in [1.807, 2.05) is 0 Å². The fourth-order valence-electron chi connectivity index (χ4n) is 2.23. The Labute approximate surface area is 149 Å². The molecule has 0 aliphatic rings. The molecule has 0 bridgehead atoms. The molecule has 0 radical (unpaired) electrons. The van der Waals surface area contributed by atoms with Crippen LogP contribution in [-0.2, 0) is 19.3 Å². The van der Waals surface area contributed by atoms with Crippen molar-refractivity contribution in [2.75, 3.05) is 14.2 Å². The number of phenols is 1. The Morgan fingerprint density at radius 2 is 1.73 bits per heavy atom. The fourth-order valence-corrected chi connectivity index (χ4v) is 2.23. The maximum Gasteiger partial charge on any atom is 0.416 e. The van der Waals surface area contributed by atoms with Crippen molar-refractivity contribution in [3.8, 4) is 11.5 Å². The summed E-state index contributed by atoms with van der Waals surface area (Å²) in [4.78, 5) is 4.05. The molecule has 0 heterocycles. The Balaban J connectivity index is 1.92. The number of phenolic OH excluding ortho intramolecular Hbond substituents is 1. The quantitative estimate of drug-likeness (QED) is 0.561. The van der Waals surface area contributed by atoms with E-state index in [-0.39, 0.29) is 5.75 Å². The second kappa shape index (κ2) is 8.46. The van der Waals surface area contributed by atoms with E-state index in [0.29, 0.717) is 35.9 Å². The van der Waals surface area contributed by atoms with E-state index in [1.165, 1.54) is 25.3 Å². The van der Waals surface area contributed by atoms with E-state index in [2.05, 4.69) is 15.6 Å². The summed E-state index contributed by atoms with van der Waals surface area (Å²) >= 11 is 0. The SMILES string of the molecule is CN=C(NCc1ccc(C(F)(F)F)cc1)NCc1cc(OC)ccc1O. The lowest BCUT2D eigenvalue weighted by Gasteiger charge is -2.14. The standard InChI is InChI=1S/C18H20F3N3O2/c1-22-17(24-11-13-9-15(26-2)7-8-16(13)25)23-10-12-3-5-14(6-4-12)18(19,20)21/h3-9,25H,10-11H2,1-2H3,(H2,22,23,24). The summed E-state index contributed by atoms with van der Waals surface area (Å²) in [5, 5.41) is 15.9. The lowest BCUT2D eigenvalue weighted by atomic mass is 10.1. The number of nitrogens with zero attached hydrogens (tertiary/aromatic N) is 1. The highest BCUT2D eigenvalue weighted by molar-refractivity contribution is 5.79. The van der Waals surface area contributed by atoms with Gasteiger partial charge in [0, 0.05) is 25.7 Å². The highest BCUT2D eigenvalue weighted by atomic mass is 19.4. The van der Waals surface area contributed by atoms with Gasteiger partial charge in [-0.25, -0.2) is 0 Å². The monoisotopic (exact) mass is 367 g/mol. The summed E-state index contributed by atoms with van der Waals surface area (Å²) in [6.45, 7) is 0.609. The normalized spacial score (nSPS) is 12.0. The van der Waals surface area contributed by atoms with Gasteiger partial charge in [-0.15, -0.1) is 0 Å². The van der Waals surface area contributed by atoms with Gasteiger partial charge >= 0.3 is 6.18 Å².